The fourth-order valence-corrected chi connectivity index (χ4v) is 8.17. The average Bonchev–Trinajstić information content (AvgIpc) is 2.60. The van der Waals surface area contributed by atoms with Gasteiger partial charge in [-0.15, -0.1) is 0 Å². The first kappa shape index (κ1) is 18.6. The van der Waals surface area contributed by atoms with Crippen LogP contribution in [0.15, 0.2) is 12.2 Å². The molecular weight excluding hydrogens is 328 g/mol. The first-order chi connectivity index (χ1) is 12.3. The highest BCUT2D eigenvalue weighted by Gasteiger charge is 2.73. The molecule has 2 N–H and O–H groups in total. The Morgan fingerprint density at radius 1 is 1.27 bits per heavy atom. The summed E-state index contributed by atoms with van der Waals surface area (Å²) in [5.41, 5.74) is -0.173. The van der Waals surface area contributed by atoms with Crippen LogP contribution in [0.1, 0.15) is 52.4 Å². The summed E-state index contributed by atoms with van der Waals surface area (Å²) in [5, 5.41) is 21.9. The highest BCUT2D eigenvalue weighted by molar-refractivity contribution is 6.02. The lowest BCUT2D eigenvalue weighted by Gasteiger charge is -2.70. The number of ether oxygens (including phenoxy) is 1. The largest absolute Gasteiger partial charge is 0.396 e. The predicted molar refractivity (Wildman–Crippen MR) is 99.4 cm³/mol. The summed E-state index contributed by atoms with van der Waals surface area (Å²) in [6.45, 7) is 9.19. The van der Waals surface area contributed by atoms with Gasteiger partial charge in [-0.25, -0.2) is 0 Å². The fraction of sp³-hybridized carbons (Fsp3) is 0.864. The highest BCUT2D eigenvalue weighted by Crippen LogP contribution is 2.72. The van der Waals surface area contributed by atoms with E-state index in [1.54, 1.807) is 7.11 Å². The van der Waals surface area contributed by atoms with Crippen LogP contribution < -0.4 is 0 Å². The average molecular weight is 363 g/mol. The van der Waals surface area contributed by atoms with E-state index in [4.69, 9.17) is 4.74 Å². The quantitative estimate of drug-likeness (QED) is 0.758. The summed E-state index contributed by atoms with van der Waals surface area (Å²) in [6, 6.07) is 0. The molecule has 4 nitrogen and oxygen atoms in total. The minimum absolute atomic E-state index is 0.0174. The Bertz CT molecular complexity index is 622. The Labute approximate surface area is 157 Å². The van der Waals surface area contributed by atoms with Gasteiger partial charge in [0, 0.05) is 25.0 Å². The maximum atomic E-state index is 13.4. The summed E-state index contributed by atoms with van der Waals surface area (Å²) >= 11 is 0. The van der Waals surface area contributed by atoms with Gasteiger partial charge in [0.2, 0.25) is 0 Å². The third-order valence-electron chi connectivity index (χ3n) is 8.86. The van der Waals surface area contributed by atoms with Gasteiger partial charge in [-0.3, -0.25) is 4.79 Å². The van der Waals surface area contributed by atoms with Crippen LogP contribution in [0.25, 0.3) is 0 Å². The van der Waals surface area contributed by atoms with Crippen molar-refractivity contribution < 1.29 is 19.7 Å². The van der Waals surface area contributed by atoms with Gasteiger partial charge in [-0.05, 0) is 60.8 Å². The number of aliphatic hydroxyl groups excluding tert-OH is 2. The molecule has 0 saturated heterocycles. The standard InChI is InChI=1S/C22H34O4/c1-13-14-6-9-22(18(13)24)16(10-14)21(12-26-4)8-5-7-20(2,3)17(21)15(11-23)19(22)25/h14-17,19,23,25H,1,5-12H2,2-4H3/t14-,15-,16?,17?,19+,21+,22-/m0/s1. The van der Waals surface area contributed by atoms with Crippen LogP contribution in [0.4, 0.5) is 0 Å². The van der Waals surface area contributed by atoms with E-state index in [0.29, 0.717) is 12.2 Å². The van der Waals surface area contributed by atoms with Gasteiger partial charge in [0.1, 0.15) is 0 Å². The Balaban J connectivity index is 1.93. The second kappa shape index (κ2) is 5.89. The molecule has 5 aliphatic rings. The van der Waals surface area contributed by atoms with Crippen molar-refractivity contribution in [2.24, 2.45) is 39.9 Å². The topological polar surface area (TPSA) is 66.8 Å². The summed E-state index contributed by atoms with van der Waals surface area (Å²) in [7, 11) is 1.75. The van der Waals surface area contributed by atoms with Crippen LogP contribution >= 0.6 is 0 Å². The van der Waals surface area contributed by atoms with Gasteiger partial charge < -0.3 is 14.9 Å². The van der Waals surface area contributed by atoms with Crippen molar-refractivity contribution in [2.75, 3.05) is 20.3 Å². The second-order valence-corrected chi connectivity index (χ2v) is 10.2. The molecule has 146 valence electrons. The smallest absolute Gasteiger partial charge is 0.167 e. The van der Waals surface area contributed by atoms with E-state index in [1.165, 1.54) is 0 Å². The van der Waals surface area contributed by atoms with Crippen molar-refractivity contribution in [1.82, 2.24) is 0 Å². The Morgan fingerprint density at radius 3 is 2.65 bits per heavy atom. The molecule has 0 aliphatic heterocycles. The van der Waals surface area contributed by atoms with Gasteiger partial charge in [0.25, 0.3) is 0 Å². The molecule has 0 aromatic carbocycles. The molecule has 0 heterocycles. The Kier molecular flexibility index (Phi) is 4.22. The number of rotatable bonds is 3. The maximum absolute atomic E-state index is 13.4. The zero-order valence-electron chi connectivity index (χ0n) is 16.5. The number of aliphatic hydroxyl groups is 2. The molecule has 5 saturated carbocycles. The van der Waals surface area contributed by atoms with Gasteiger partial charge >= 0.3 is 0 Å². The van der Waals surface area contributed by atoms with E-state index in [0.717, 1.165) is 38.5 Å². The van der Waals surface area contributed by atoms with Crippen molar-refractivity contribution in [1.29, 1.82) is 0 Å². The van der Waals surface area contributed by atoms with Crippen molar-refractivity contribution in [2.45, 2.75) is 58.5 Å². The maximum Gasteiger partial charge on any atom is 0.167 e. The minimum atomic E-state index is -0.782. The molecular formula is C22H34O4. The molecule has 26 heavy (non-hydrogen) atoms. The van der Waals surface area contributed by atoms with E-state index in [-0.39, 0.29) is 46.9 Å². The number of hydrogen-bond acceptors (Lipinski definition) is 4. The number of hydrogen-bond donors (Lipinski definition) is 2. The monoisotopic (exact) mass is 362 g/mol. The zero-order valence-corrected chi connectivity index (χ0v) is 16.5. The molecule has 0 radical (unpaired) electrons. The number of methoxy groups -OCH3 is 1. The number of Topliss-reactive ketones (excluding diaryl/α,β-unsaturated/α-hetero) is 1. The molecule has 5 fully saturated rings. The van der Waals surface area contributed by atoms with Crippen LogP contribution in [-0.2, 0) is 9.53 Å². The zero-order chi connectivity index (χ0) is 18.9. The number of carbonyl (C=O) groups is 1. The molecule has 0 aromatic heterocycles. The van der Waals surface area contributed by atoms with Gasteiger partial charge in [0.05, 0.1) is 18.1 Å². The van der Waals surface area contributed by atoms with E-state index < -0.39 is 11.5 Å². The first-order valence-corrected chi connectivity index (χ1v) is 10.3. The molecule has 2 unspecified atom stereocenters. The lowest BCUT2D eigenvalue weighted by Crippen LogP contribution is -2.73. The van der Waals surface area contributed by atoms with Crippen molar-refractivity contribution in [3.8, 4) is 0 Å². The Morgan fingerprint density at radius 2 is 2.00 bits per heavy atom. The summed E-state index contributed by atoms with van der Waals surface area (Å²) < 4.78 is 5.78. The fourth-order valence-electron chi connectivity index (χ4n) is 8.17. The predicted octanol–water partition coefficient (Wildman–Crippen LogP) is 2.97. The summed E-state index contributed by atoms with van der Waals surface area (Å²) in [4.78, 5) is 13.4. The lowest BCUT2D eigenvalue weighted by molar-refractivity contribution is -0.259. The van der Waals surface area contributed by atoms with E-state index in [2.05, 4.69) is 20.4 Å². The van der Waals surface area contributed by atoms with Crippen LogP contribution in [0.2, 0.25) is 0 Å². The number of allylic oxidation sites excluding steroid dienone is 1. The van der Waals surface area contributed by atoms with Crippen LogP contribution in [0.3, 0.4) is 0 Å². The van der Waals surface area contributed by atoms with E-state index >= 15 is 0 Å². The van der Waals surface area contributed by atoms with E-state index in [1.807, 2.05) is 0 Å². The van der Waals surface area contributed by atoms with Gasteiger partial charge in [0.15, 0.2) is 5.78 Å². The van der Waals surface area contributed by atoms with Crippen LogP contribution in [-0.4, -0.2) is 42.4 Å². The number of ketones is 1. The molecule has 2 bridgehead atoms. The van der Waals surface area contributed by atoms with Crippen LogP contribution in [0.5, 0.6) is 0 Å². The SMILES string of the molecule is C=C1C(=O)[C@]23CC[C@H]1CC2[C@]1(COC)CCCC(C)(C)C1[C@H](CO)[C@H]3O. The third-order valence-corrected chi connectivity index (χ3v) is 8.86. The normalized spacial score (nSPS) is 49.7. The number of fused-ring (bicyclic) bond motifs is 3. The van der Waals surface area contributed by atoms with Gasteiger partial charge in [-0.1, -0.05) is 26.8 Å². The van der Waals surface area contributed by atoms with Crippen molar-refractivity contribution in [3.63, 3.8) is 0 Å². The van der Waals surface area contributed by atoms with Gasteiger partial charge in [-0.2, -0.15) is 0 Å². The summed E-state index contributed by atoms with van der Waals surface area (Å²) in [6.07, 6.45) is 5.07. The molecule has 5 rings (SSSR count). The number of carbonyl (C=O) groups excluding carboxylic acids is 1. The summed E-state index contributed by atoms with van der Waals surface area (Å²) in [5.74, 6) is 0.358. The van der Waals surface area contributed by atoms with Crippen molar-refractivity contribution in [3.05, 3.63) is 12.2 Å². The van der Waals surface area contributed by atoms with E-state index in [9.17, 15) is 15.0 Å². The molecule has 0 amide bonds. The minimum Gasteiger partial charge on any atom is -0.396 e. The molecule has 0 aromatic rings. The molecule has 4 heteroatoms. The van der Waals surface area contributed by atoms with Crippen LogP contribution in [0, 0.1) is 39.9 Å². The highest BCUT2D eigenvalue weighted by atomic mass is 16.5. The molecule has 7 atom stereocenters. The Hall–Kier alpha value is -0.710. The molecule has 5 aliphatic carbocycles. The van der Waals surface area contributed by atoms with Crippen molar-refractivity contribution >= 4 is 5.78 Å². The second-order valence-electron chi connectivity index (χ2n) is 10.2. The third kappa shape index (κ3) is 2.04. The molecule has 1 spiro atoms. The first-order valence-electron chi connectivity index (χ1n) is 10.3. The lowest BCUT2D eigenvalue weighted by atomic mass is 9.33.